The van der Waals surface area contributed by atoms with Crippen molar-refractivity contribution in [3.05, 3.63) is 47.8 Å². The van der Waals surface area contributed by atoms with Crippen molar-refractivity contribution in [1.29, 1.82) is 0 Å². The lowest BCUT2D eigenvalue weighted by Gasteiger charge is -2.27. The highest BCUT2D eigenvalue weighted by Gasteiger charge is 2.31. The van der Waals surface area contributed by atoms with E-state index in [1.165, 1.54) is 12.1 Å². The number of nitrogens with zero attached hydrogens (tertiary/aromatic N) is 3. The van der Waals surface area contributed by atoms with Gasteiger partial charge in [0.2, 0.25) is 5.95 Å². The number of imidazole rings is 1. The summed E-state index contributed by atoms with van der Waals surface area (Å²) in [6.07, 6.45) is 2.08. The van der Waals surface area contributed by atoms with Gasteiger partial charge in [0.15, 0.2) is 0 Å². The van der Waals surface area contributed by atoms with Crippen molar-refractivity contribution in [2.75, 3.05) is 25.7 Å². The van der Waals surface area contributed by atoms with Crippen molar-refractivity contribution >= 4 is 17.0 Å². The third-order valence-corrected chi connectivity index (χ3v) is 5.13. The van der Waals surface area contributed by atoms with Gasteiger partial charge in [-0.2, -0.15) is 0 Å². The summed E-state index contributed by atoms with van der Waals surface area (Å²) in [5.74, 6) is 2.19. The zero-order valence-electron chi connectivity index (χ0n) is 15.2. The molecule has 26 heavy (non-hydrogen) atoms. The minimum Gasteiger partial charge on any atom is -0.497 e. The Morgan fingerprint density at radius 1 is 1.12 bits per heavy atom. The van der Waals surface area contributed by atoms with Gasteiger partial charge in [-0.05, 0) is 43.2 Å². The Morgan fingerprint density at radius 3 is 2.73 bits per heavy atom. The van der Waals surface area contributed by atoms with Crippen LogP contribution < -0.4 is 14.4 Å². The molecule has 2 heterocycles. The maximum atomic E-state index is 13.6. The number of aromatic nitrogens is 2. The molecule has 3 aromatic rings. The van der Waals surface area contributed by atoms with E-state index >= 15 is 0 Å². The molecule has 136 valence electrons. The van der Waals surface area contributed by atoms with Crippen molar-refractivity contribution in [1.82, 2.24) is 9.55 Å². The maximum absolute atomic E-state index is 13.6. The van der Waals surface area contributed by atoms with Crippen LogP contribution in [0.3, 0.4) is 0 Å². The SMILES string of the molecule is COc1ccc(C2CCCN2c2nc3ccc(F)cc3n2C)c(OC)c1. The molecule has 6 heteroatoms. The Balaban J connectivity index is 1.77. The topological polar surface area (TPSA) is 39.5 Å². The van der Waals surface area contributed by atoms with E-state index in [-0.39, 0.29) is 11.9 Å². The zero-order valence-corrected chi connectivity index (χ0v) is 15.2. The van der Waals surface area contributed by atoms with E-state index in [1.54, 1.807) is 20.3 Å². The van der Waals surface area contributed by atoms with Crippen molar-refractivity contribution < 1.29 is 13.9 Å². The number of benzene rings is 2. The van der Waals surface area contributed by atoms with Gasteiger partial charge in [0, 0.05) is 25.2 Å². The van der Waals surface area contributed by atoms with E-state index in [1.807, 2.05) is 23.7 Å². The molecule has 0 saturated carbocycles. The van der Waals surface area contributed by atoms with E-state index < -0.39 is 0 Å². The molecule has 0 radical (unpaired) electrons. The van der Waals surface area contributed by atoms with Gasteiger partial charge < -0.3 is 18.9 Å². The molecule has 0 amide bonds. The monoisotopic (exact) mass is 355 g/mol. The lowest BCUT2D eigenvalue weighted by atomic mass is 10.0. The average Bonchev–Trinajstić information content (AvgIpc) is 3.26. The second kappa shape index (κ2) is 6.52. The molecule has 4 rings (SSSR count). The van der Waals surface area contributed by atoms with Gasteiger partial charge in [-0.15, -0.1) is 0 Å². The molecule has 1 saturated heterocycles. The first-order valence-corrected chi connectivity index (χ1v) is 8.73. The first-order chi connectivity index (χ1) is 12.6. The highest BCUT2D eigenvalue weighted by molar-refractivity contribution is 5.79. The van der Waals surface area contributed by atoms with Crippen LogP contribution in [0.25, 0.3) is 11.0 Å². The molecule has 0 aliphatic carbocycles. The first-order valence-electron chi connectivity index (χ1n) is 8.73. The van der Waals surface area contributed by atoms with Crippen molar-refractivity contribution in [2.45, 2.75) is 18.9 Å². The van der Waals surface area contributed by atoms with E-state index in [9.17, 15) is 4.39 Å². The maximum Gasteiger partial charge on any atom is 0.206 e. The van der Waals surface area contributed by atoms with Gasteiger partial charge in [0.1, 0.15) is 17.3 Å². The van der Waals surface area contributed by atoms with E-state index in [0.717, 1.165) is 53.4 Å². The van der Waals surface area contributed by atoms with Gasteiger partial charge in [0.05, 0.1) is 31.3 Å². The summed E-state index contributed by atoms with van der Waals surface area (Å²) in [6, 6.07) is 10.8. The van der Waals surface area contributed by atoms with E-state index in [4.69, 9.17) is 14.5 Å². The quantitative estimate of drug-likeness (QED) is 0.707. The normalized spacial score (nSPS) is 17.1. The molecule has 1 aromatic heterocycles. The summed E-state index contributed by atoms with van der Waals surface area (Å²) >= 11 is 0. The first kappa shape index (κ1) is 16.7. The summed E-state index contributed by atoms with van der Waals surface area (Å²) in [7, 11) is 5.26. The number of ether oxygens (including phenoxy) is 2. The fourth-order valence-corrected chi connectivity index (χ4v) is 3.83. The van der Waals surface area contributed by atoms with Crippen molar-refractivity contribution in [3.63, 3.8) is 0 Å². The molecule has 5 nitrogen and oxygen atoms in total. The van der Waals surface area contributed by atoms with Gasteiger partial charge in [-0.1, -0.05) is 0 Å². The van der Waals surface area contributed by atoms with Crippen LogP contribution >= 0.6 is 0 Å². The molecule has 1 unspecified atom stereocenters. The Hall–Kier alpha value is -2.76. The minimum absolute atomic E-state index is 0.163. The molecular weight excluding hydrogens is 333 g/mol. The van der Waals surface area contributed by atoms with Crippen LogP contribution in [-0.2, 0) is 7.05 Å². The number of anilines is 1. The molecule has 1 aliphatic heterocycles. The lowest BCUT2D eigenvalue weighted by molar-refractivity contribution is 0.388. The summed E-state index contributed by atoms with van der Waals surface area (Å²) < 4.78 is 26.5. The Bertz CT molecular complexity index is 954. The van der Waals surface area contributed by atoms with Crippen molar-refractivity contribution in [3.8, 4) is 11.5 Å². The summed E-state index contributed by atoms with van der Waals surface area (Å²) in [4.78, 5) is 7.04. The lowest BCUT2D eigenvalue weighted by Crippen LogP contribution is -2.25. The molecule has 2 aromatic carbocycles. The second-order valence-corrected chi connectivity index (χ2v) is 6.56. The highest BCUT2D eigenvalue weighted by Crippen LogP contribution is 2.41. The molecule has 0 N–H and O–H groups in total. The second-order valence-electron chi connectivity index (χ2n) is 6.56. The predicted molar refractivity (Wildman–Crippen MR) is 99.5 cm³/mol. The van der Waals surface area contributed by atoms with Crippen LogP contribution in [0.15, 0.2) is 36.4 Å². The van der Waals surface area contributed by atoms with E-state index in [2.05, 4.69) is 11.0 Å². The van der Waals surface area contributed by atoms with Crippen LogP contribution in [0.2, 0.25) is 0 Å². The number of halogens is 1. The summed E-state index contributed by atoms with van der Waals surface area (Å²) in [5, 5.41) is 0. The van der Waals surface area contributed by atoms with Gasteiger partial charge in [-0.25, -0.2) is 9.37 Å². The Kier molecular flexibility index (Phi) is 4.18. The number of hydrogen-bond acceptors (Lipinski definition) is 4. The van der Waals surface area contributed by atoms with E-state index in [0.29, 0.717) is 0 Å². The van der Waals surface area contributed by atoms with Gasteiger partial charge >= 0.3 is 0 Å². The predicted octanol–water partition coefficient (Wildman–Crippen LogP) is 4.07. The largest absolute Gasteiger partial charge is 0.497 e. The van der Waals surface area contributed by atoms with Gasteiger partial charge in [0.25, 0.3) is 0 Å². The average molecular weight is 355 g/mol. The molecular formula is C20H22FN3O2. The van der Waals surface area contributed by atoms with Crippen LogP contribution in [0.4, 0.5) is 10.3 Å². The smallest absolute Gasteiger partial charge is 0.206 e. The van der Waals surface area contributed by atoms with Crippen LogP contribution in [0.1, 0.15) is 24.4 Å². The third kappa shape index (κ3) is 2.66. The molecule has 0 spiro atoms. The highest BCUT2D eigenvalue weighted by atomic mass is 19.1. The minimum atomic E-state index is -0.248. The standard InChI is InChI=1S/C20H22FN3O2/c1-23-18-11-13(21)6-9-16(18)22-20(23)24-10-4-5-17(24)15-8-7-14(25-2)12-19(15)26-3/h6-9,11-12,17H,4-5,10H2,1-3H3. The fourth-order valence-electron chi connectivity index (χ4n) is 3.83. The third-order valence-electron chi connectivity index (χ3n) is 5.13. The molecule has 0 bridgehead atoms. The summed E-state index contributed by atoms with van der Waals surface area (Å²) in [5.41, 5.74) is 2.72. The molecule has 1 fully saturated rings. The Morgan fingerprint density at radius 2 is 1.96 bits per heavy atom. The number of hydrogen-bond donors (Lipinski definition) is 0. The van der Waals surface area contributed by atoms with Crippen molar-refractivity contribution in [2.24, 2.45) is 7.05 Å². The number of fused-ring (bicyclic) bond motifs is 1. The number of aryl methyl sites for hydroxylation is 1. The fraction of sp³-hybridized carbons (Fsp3) is 0.350. The Labute approximate surface area is 152 Å². The molecule has 1 atom stereocenters. The zero-order chi connectivity index (χ0) is 18.3. The summed E-state index contributed by atoms with van der Waals surface area (Å²) in [6.45, 7) is 0.902. The van der Waals surface area contributed by atoms with Gasteiger partial charge in [-0.3, -0.25) is 0 Å². The van der Waals surface area contributed by atoms with Crippen LogP contribution in [0.5, 0.6) is 11.5 Å². The number of rotatable bonds is 4. The van der Waals surface area contributed by atoms with Crippen LogP contribution in [0, 0.1) is 5.82 Å². The van der Waals surface area contributed by atoms with Crippen LogP contribution in [-0.4, -0.2) is 30.3 Å². The molecule has 1 aliphatic rings. The number of methoxy groups -OCH3 is 2.